The van der Waals surface area contributed by atoms with Crippen molar-refractivity contribution in [3.05, 3.63) is 18.7 Å². The fourth-order valence-electron chi connectivity index (χ4n) is 2.80. The molecule has 0 amide bonds. The summed E-state index contributed by atoms with van der Waals surface area (Å²) in [5.41, 5.74) is 1.03. The Morgan fingerprint density at radius 2 is 2.25 bits per heavy atom. The molecule has 8 nitrogen and oxygen atoms in total. The first kappa shape index (κ1) is 18.9. The van der Waals surface area contributed by atoms with Crippen LogP contribution < -0.4 is 5.32 Å². The number of hydrogen-bond donors (Lipinski definition) is 2. The van der Waals surface area contributed by atoms with Crippen LogP contribution in [-0.4, -0.2) is 67.1 Å². The van der Waals surface area contributed by atoms with Gasteiger partial charge in [0, 0.05) is 18.4 Å². The van der Waals surface area contributed by atoms with Crippen LogP contribution >= 0.6 is 11.8 Å². The van der Waals surface area contributed by atoms with Crippen molar-refractivity contribution >= 4 is 23.4 Å². The molecule has 0 unspecified atom stereocenters. The number of hydrogen-bond acceptors (Lipinski definition) is 7. The van der Waals surface area contributed by atoms with Crippen molar-refractivity contribution in [2.45, 2.75) is 29.7 Å². The summed E-state index contributed by atoms with van der Waals surface area (Å²) in [7, 11) is 0. The monoisotopic (exact) mass is 417 g/mol. The fraction of sp³-hybridized carbons (Fsp3) is 0.467. The Hall–Kier alpha value is -2.41. The van der Waals surface area contributed by atoms with Crippen molar-refractivity contribution in [1.29, 1.82) is 0 Å². The number of nitrogens with zero attached hydrogens (tertiary/aromatic N) is 5. The van der Waals surface area contributed by atoms with Crippen LogP contribution in [0.5, 0.6) is 0 Å². The van der Waals surface area contributed by atoms with E-state index in [0.717, 1.165) is 0 Å². The second-order valence-electron chi connectivity index (χ2n) is 6.15. The minimum absolute atomic E-state index is 0.0239. The molecule has 2 atom stereocenters. The molecule has 4 rings (SSSR count). The largest absolute Gasteiger partial charge is 0.398 e. The quantitative estimate of drug-likeness (QED) is 0.487. The first-order chi connectivity index (χ1) is 13.4. The number of H-pyrrole nitrogens is 1. The summed E-state index contributed by atoms with van der Waals surface area (Å²) in [6.07, 6.45) is -0.812. The molecule has 0 aromatic carbocycles. The summed E-state index contributed by atoms with van der Waals surface area (Å²) < 4.78 is 58.7. The normalized spacial score (nSPS) is 20.6. The van der Waals surface area contributed by atoms with Gasteiger partial charge in [0.15, 0.2) is 5.65 Å². The van der Waals surface area contributed by atoms with Crippen LogP contribution in [-0.2, 0) is 4.74 Å². The smallest absolute Gasteiger partial charge is 0.378 e. The van der Waals surface area contributed by atoms with Crippen molar-refractivity contribution in [2.75, 3.05) is 24.3 Å². The lowest BCUT2D eigenvalue weighted by molar-refractivity contribution is -0.105. The van der Waals surface area contributed by atoms with Gasteiger partial charge in [0.2, 0.25) is 5.95 Å². The molecule has 2 N–H and O–H groups in total. The highest BCUT2D eigenvalue weighted by atomic mass is 32.2. The lowest BCUT2D eigenvalue weighted by atomic mass is 10.1. The van der Waals surface area contributed by atoms with E-state index in [1.807, 2.05) is 0 Å². The summed E-state index contributed by atoms with van der Waals surface area (Å²) in [6.45, 7) is 0.383. The highest BCUT2D eigenvalue weighted by molar-refractivity contribution is 7.99. The number of rotatable bonds is 5. The van der Waals surface area contributed by atoms with Crippen molar-refractivity contribution in [1.82, 2.24) is 29.8 Å². The van der Waals surface area contributed by atoms with Gasteiger partial charge in [-0.25, -0.2) is 9.37 Å². The molecule has 150 valence electrons. The minimum atomic E-state index is -4.37. The van der Waals surface area contributed by atoms with Gasteiger partial charge in [0.25, 0.3) is 0 Å². The van der Waals surface area contributed by atoms with Crippen molar-refractivity contribution in [3.8, 4) is 11.3 Å². The molecular formula is C15H15F4N7OS. The Kier molecular flexibility index (Phi) is 5.10. The van der Waals surface area contributed by atoms with Crippen LogP contribution in [0.15, 0.2) is 23.6 Å². The van der Waals surface area contributed by atoms with Gasteiger partial charge >= 0.3 is 6.18 Å². The van der Waals surface area contributed by atoms with E-state index in [0.29, 0.717) is 36.0 Å². The van der Waals surface area contributed by atoms with Gasteiger partial charge in [-0.3, -0.25) is 5.10 Å². The number of aromatic nitrogens is 6. The van der Waals surface area contributed by atoms with E-state index in [1.54, 1.807) is 0 Å². The van der Waals surface area contributed by atoms with E-state index in [-0.39, 0.29) is 23.1 Å². The maximum atomic E-state index is 14.0. The Labute approximate surface area is 160 Å². The molecule has 1 fully saturated rings. The Balaban J connectivity index is 1.70. The van der Waals surface area contributed by atoms with Gasteiger partial charge < -0.3 is 10.1 Å². The molecule has 28 heavy (non-hydrogen) atoms. The van der Waals surface area contributed by atoms with Gasteiger partial charge in [0.05, 0.1) is 35.2 Å². The molecule has 3 aromatic heterocycles. The molecule has 1 saturated heterocycles. The molecule has 0 bridgehead atoms. The SMILES string of the molecule is F[C@@H]1COCC[C@@H]1Nc1nc2c(SCC(F)(F)F)c(-c3cn[nH]c3)ncn2n1. The average Bonchev–Trinajstić information content (AvgIpc) is 3.30. The standard InChI is InChI=1S/C15H15F4N7OS/c16-9-5-27-2-1-10(9)23-14-24-13-12(28-6-15(17,18)19)11(8-3-21-22-4-8)20-7-26(13)25-14/h3-4,7,9-10H,1-2,5-6H2,(H,21,22)(H,23,25)/t9-,10+/m1/s1. The number of aromatic amines is 1. The molecule has 1 aliphatic rings. The average molecular weight is 417 g/mol. The summed E-state index contributed by atoms with van der Waals surface area (Å²) in [5, 5.41) is 13.5. The van der Waals surface area contributed by atoms with Crippen molar-refractivity contribution < 1.29 is 22.3 Å². The maximum Gasteiger partial charge on any atom is 0.398 e. The van der Waals surface area contributed by atoms with Crippen LogP contribution in [0.4, 0.5) is 23.5 Å². The second kappa shape index (κ2) is 7.54. The van der Waals surface area contributed by atoms with Crippen LogP contribution in [0.1, 0.15) is 6.42 Å². The van der Waals surface area contributed by atoms with E-state index in [2.05, 4.69) is 30.6 Å². The third kappa shape index (κ3) is 4.04. The molecule has 0 spiro atoms. The predicted octanol–water partition coefficient (Wildman–Crippen LogP) is 2.71. The minimum Gasteiger partial charge on any atom is -0.378 e. The lowest BCUT2D eigenvalue weighted by Gasteiger charge is -2.26. The number of thioether (sulfide) groups is 1. The first-order valence-electron chi connectivity index (χ1n) is 8.33. The summed E-state index contributed by atoms with van der Waals surface area (Å²) >= 11 is 0.567. The van der Waals surface area contributed by atoms with E-state index in [4.69, 9.17) is 4.74 Å². The summed E-state index contributed by atoms with van der Waals surface area (Å²) in [6, 6.07) is -0.529. The van der Waals surface area contributed by atoms with E-state index in [1.165, 1.54) is 23.2 Å². The number of ether oxygens (including phenoxy) is 1. The Morgan fingerprint density at radius 3 is 2.96 bits per heavy atom. The van der Waals surface area contributed by atoms with Crippen molar-refractivity contribution in [2.24, 2.45) is 0 Å². The highest BCUT2D eigenvalue weighted by Crippen LogP contribution is 2.36. The first-order valence-corrected chi connectivity index (χ1v) is 9.32. The summed E-state index contributed by atoms with van der Waals surface area (Å²) in [5.74, 6) is -0.990. The van der Waals surface area contributed by atoms with Gasteiger partial charge in [-0.15, -0.1) is 16.9 Å². The third-order valence-electron chi connectivity index (χ3n) is 4.10. The zero-order chi connectivity index (χ0) is 19.7. The number of fused-ring (bicyclic) bond motifs is 1. The molecule has 13 heteroatoms. The molecule has 4 heterocycles. The summed E-state index contributed by atoms with van der Waals surface area (Å²) in [4.78, 5) is 8.72. The number of anilines is 1. The Bertz CT molecular complexity index is 946. The number of halogens is 4. The third-order valence-corrected chi connectivity index (χ3v) is 5.24. The van der Waals surface area contributed by atoms with Gasteiger partial charge in [-0.1, -0.05) is 0 Å². The van der Waals surface area contributed by atoms with Gasteiger partial charge in [-0.05, 0) is 6.42 Å². The Morgan fingerprint density at radius 1 is 1.39 bits per heavy atom. The molecule has 3 aromatic rings. The lowest BCUT2D eigenvalue weighted by Crippen LogP contribution is -2.39. The van der Waals surface area contributed by atoms with Crippen LogP contribution in [0.25, 0.3) is 16.9 Å². The molecular weight excluding hydrogens is 402 g/mol. The second-order valence-corrected chi connectivity index (χ2v) is 7.13. The van der Waals surface area contributed by atoms with E-state index >= 15 is 0 Å². The molecule has 1 aliphatic heterocycles. The van der Waals surface area contributed by atoms with Gasteiger partial charge in [0.1, 0.15) is 12.5 Å². The fourth-order valence-corrected chi connectivity index (χ4v) is 3.68. The highest BCUT2D eigenvalue weighted by Gasteiger charge is 2.30. The maximum absolute atomic E-state index is 14.0. The van der Waals surface area contributed by atoms with Crippen molar-refractivity contribution in [3.63, 3.8) is 0 Å². The zero-order valence-corrected chi connectivity index (χ0v) is 15.1. The number of nitrogens with one attached hydrogen (secondary N) is 2. The topological polar surface area (TPSA) is 93.0 Å². The van der Waals surface area contributed by atoms with Crippen LogP contribution in [0.3, 0.4) is 0 Å². The van der Waals surface area contributed by atoms with Crippen LogP contribution in [0.2, 0.25) is 0 Å². The zero-order valence-electron chi connectivity index (χ0n) is 14.3. The van der Waals surface area contributed by atoms with E-state index < -0.39 is 24.1 Å². The van der Waals surface area contributed by atoms with Crippen LogP contribution in [0, 0.1) is 0 Å². The predicted molar refractivity (Wildman–Crippen MR) is 92.9 cm³/mol. The molecule has 0 saturated carbocycles. The molecule has 0 radical (unpaired) electrons. The molecule has 0 aliphatic carbocycles. The number of alkyl halides is 4. The van der Waals surface area contributed by atoms with Gasteiger partial charge in [-0.2, -0.15) is 27.8 Å². The van der Waals surface area contributed by atoms with E-state index in [9.17, 15) is 17.6 Å².